The monoisotopic (exact) mass is 383 g/mol. The van der Waals surface area contributed by atoms with Gasteiger partial charge in [-0.2, -0.15) is 0 Å². The lowest BCUT2D eigenvalue weighted by Gasteiger charge is -2.25. The fourth-order valence-corrected chi connectivity index (χ4v) is 5.52. The van der Waals surface area contributed by atoms with E-state index in [4.69, 9.17) is 4.42 Å². The van der Waals surface area contributed by atoms with Crippen molar-refractivity contribution in [1.29, 1.82) is 0 Å². The fourth-order valence-electron chi connectivity index (χ4n) is 2.29. The van der Waals surface area contributed by atoms with Crippen LogP contribution in [0.4, 0.5) is 0 Å². The van der Waals surface area contributed by atoms with Gasteiger partial charge in [0.25, 0.3) is 0 Å². The first-order valence-electron chi connectivity index (χ1n) is 7.34. The highest BCUT2D eigenvalue weighted by Gasteiger charge is 2.37. The molecule has 3 heterocycles. The first kappa shape index (κ1) is 17.4. The van der Waals surface area contributed by atoms with Crippen LogP contribution in [0, 0.1) is 0 Å². The molecule has 0 aliphatic heterocycles. The van der Waals surface area contributed by atoms with Gasteiger partial charge in [-0.25, -0.2) is 13.1 Å². The van der Waals surface area contributed by atoms with Crippen LogP contribution in [0.15, 0.2) is 56.7 Å². The van der Waals surface area contributed by atoms with Crippen molar-refractivity contribution in [3.8, 4) is 0 Å². The van der Waals surface area contributed by atoms with E-state index in [2.05, 4.69) is 4.72 Å². The molecule has 1 atom stereocenters. The molecule has 0 bridgehead atoms. The highest BCUT2D eigenvalue weighted by atomic mass is 32.2. The highest BCUT2D eigenvalue weighted by molar-refractivity contribution is 7.91. The summed E-state index contributed by atoms with van der Waals surface area (Å²) in [7, 11) is -3.69. The van der Waals surface area contributed by atoms with E-state index in [1.807, 2.05) is 12.3 Å². The molecule has 0 spiro atoms. The number of nitrogens with one attached hydrogen (secondary N) is 1. The summed E-state index contributed by atoms with van der Waals surface area (Å²) in [5.41, 5.74) is -1.55. The van der Waals surface area contributed by atoms with Gasteiger partial charge in [0.05, 0.1) is 12.8 Å². The number of aliphatic hydroxyl groups is 1. The Hall–Kier alpha value is -1.45. The standard InChI is InChI=1S/C16H17NO4S3/c1-2-12-7-8-15(23-12)24(19,20)17-11-16(18,13-5-3-9-21-13)14-6-4-10-22-14/h3-10,17-18H,2,11H2,1H3/t16-/m1/s1. The van der Waals surface area contributed by atoms with Crippen LogP contribution in [0.1, 0.15) is 22.4 Å². The van der Waals surface area contributed by atoms with Gasteiger partial charge in [-0.15, -0.1) is 22.7 Å². The average Bonchev–Trinajstić information content (AvgIpc) is 3.34. The first-order valence-corrected chi connectivity index (χ1v) is 10.5. The Bertz CT molecular complexity index is 846. The summed E-state index contributed by atoms with van der Waals surface area (Å²) in [6.07, 6.45) is 2.24. The average molecular weight is 384 g/mol. The lowest BCUT2D eigenvalue weighted by molar-refractivity contribution is 0.0655. The second kappa shape index (κ2) is 6.81. The molecule has 0 saturated carbocycles. The first-order chi connectivity index (χ1) is 11.5. The van der Waals surface area contributed by atoms with Crippen molar-refractivity contribution in [3.05, 3.63) is 63.6 Å². The second-order valence-corrected chi connectivity index (χ2v) is 9.32. The molecule has 2 N–H and O–H groups in total. The Labute approximate surface area is 148 Å². The van der Waals surface area contributed by atoms with Crippen LogP contribution < -0.4 is 4.72 Å². The number of aryl methyl sites for hydroxylation is 1. The number of furan rings is 1. The molecule has 0 aliphatic rings. The number of thiophene rings is 2. The third kappa shape index (κ3) is 3.33. The van der Waals surface area contributed by atoms with Crippen molar-refractivity contribution in [1.82, 2.24) is 4.72 Å². The van der Waals surface area contributed by atoms with Gasteiger partial charge in [-0.05, 0) is 42.1 Å². The normalized spacial score (nSPS) is 14.6. The molecule has 8 heteroatoms. The van der Waals surface area contributed by atoms with E-state index in [0.29, 0.717) is 10.6 Å². The van der Waals surface area contributed by atoms with Crippen molar-refractivity contribution < 1.29 is 17.9 Å². The minimum absolute atomic E-state index is 0.206. The van der Waals surface area contributed by atoms with E-state index < -0.39 is 15.6 Å². The summed E-state index contributed by atoms with van der Waals surface area (Å²) in [5.74, 6) is 0.299. The molecule has 128 valence electrons. The molecule has 0 unspecified atom stereocenters. The SMILES string of the molecule is CCc1ccc(S(=O)(=O)NC[C@@](O)(c2ccco2)c2cccs2)s1. The van der Waals surface area contributed by atoms with E-state index in [1.54, 1.807) is 36.4 Å². The summed E-state index contributed by atoms with van der Waals surface area (Å²) < 4.78 is 33.1. The van der Waals surface area contributed by atoms with E-state index in [0.717, 1.165) is 11.3 Å². The highest BCUT2D eigenvalue weighted by Crippen LogP contribution is 2.33. The predicted molar refractivity (Wildman–Crippen MR) is 94.9 cm³/mol. The Morgan fingerprint density at radius 3 is 2.67 bits per heavy atom. The maximum Gasteiger partial charge on any atom is 0.250 e. The van der Waals surface area contributed by atoms with Gasteiger partial charge in [0, 0.05) is 9.75 Å². The maximum atomic E-state index is 12.5. The Balaban J connectivity index is 1.87. The van der Waals surface area contributed by atoms with Gasteiger partial charge in [0.1, 0.15) is 9.97 Å². The van der Waals surface area contributed by atoms with Crippen molar-refractivity contribution in [2.45, 2.75) is 23.2 Å². The molecule has 0 radical (unpaired) electrons. The van der Waals surface area contributed by atoms with Crippen LogP contribution in [0.25, 0.3) is 0 Å². The fraction of sp³-hybridized carbons (Fsp3) is 0.250. The van der Waals surface area contributed by atoms with Gasteiger partial charge in [-0.3, -0.25) is 0 Å². The van der Waals surface area contributed by atoms with E-state index in [-0.39, 0.29) is 10.8 Å². The van der Waals surface area contributed by atoms with Crippen LogP contribution in [-0.4, -0.2) is 20.1 Å². The molecular formula is C16H17NO4S3. The largest absolute Gasteiger partial charge is 0.466 e. The minimum atomic E-state index is -3.69. The number of sulfonamides is 1. The topological polar surface area (TPSA) is 79.5 Å². The van der Waals surface area contributed by atoms with Gasteiger partial charge < -0.3 is 9.52 Å². The van der Waals surface area contributed by atoms with E-state index in [1.165, 1.54) is 28.9 Å². The Kier molecular flexibility index (Phi) is 4.93. The Morgan fingerprint density at radius 1 is 1.25 bits per heavy atom. The summed E-state index contributed by atoms with van der Waals surface area (Å²) >= 11 is 2.57. The molecule has 3 rings (SSSR count). The van der Waals surface area contributed by atoms with Crippen molar-refractivity contribution >= 4 is 32.7 Å². The summed E-state index contributed by atoms with van der Waals surface area (Å²) in [6, 6.07) is 10.2. The van der Waals surface area contributed by atoms with Crippen LogP contribution in [0.3, 0.4) is 0 Å². The number of hydrogen-bond donors (Lipinski definition) is 2. The number of hydrogen-bond acceptors (Lipinski definition) is 6. The smallest absolute Gasteiger partial charge is 0.250 e. The molecule has 0 aromatic carbocycles. The van der Waals surface area contributed by atoms with Crippen LogP contribution in [-0.2, 0) is 22.0 Å². The third-order valence-corrected chi connectivity index (χ3v) is 7.77. The lowest BCUT2D eigenvalue weighted by atomic mass is 9.99. The van der Waals surface area contributed by atoms with Crippen molar-refractivity contribution in [3.63, 3.8) is 0 Å². The second-order valence-electron chi connectivity index (χ2n) is 5.21. The van der Waals surface area contributed by atoms with Crippen molar-refractivity contribution in [2.24, 2.45) is 0 Å². The minimum Gasteiger partial charge on any atom is -0.466 e. The molecule has 0 aliphatic carbocycles. The molecule has 0 saturated heterocycles. The molecule has 0 fully saturated rings. The summed E-state index contributed by atoms with van der Waals surface area (Å²) in [6.45, 7) is 1.77. The molecule has 24 heavy (non-hydrogen) atoms. The quantitative estimate of drug-likeness (QED) is 0.657. The van der Waals surface area contributed by atoms with Gasteiger partial charge in [0.2, 0.25) is 10.0 Å². The van der Waals surface area contributed by atoms with Gasteiger partial charge >= 0.3 is 0 Å². The lowest BCUT2D eigenvalue weighted by Crippen LogP contribution is -2.40. The molecule has 0 amide bonds. The van der Waals surface area contributed by atoms with Crippen LogP contribution in [0.5, 0.6) is 0 Å². The van der Waals surface area contributed by atoms with E-state index >= 15 is 0 Å². The third-order valence-electron chi connectivity index (χ3n) is 3.63. The van der Waals surface area contributed by atoms with Gasteiger partial charge in [-0.1, -0.05) is 13.0 Å². The Morgan fingerprint density at radius 2 is 2.08 bits per heavy atom. The van der Waals surface area contributed by atoms with E-state index in [9.17, 15) is 13.5 Å². The molecular weight excluding hydrogens is 366 g/mol. The summed E-state index contributed by atoms with van der Waals surface area (Å²) in [5, 5.41) is 12.9. The number of rotatable bonds is 7. The van der Waals surface area contributed by atoms with Crippen molar-refractivity contribution in [2.75, 3.05) is 6.54 Å². The molecule has 3 aromatic heterocycles. The molecule has 3 aromatic rings. The maximum absolute atomic E-state index is 12.5. The molecule has 5 nitrogen and oxygen atoms in total. The predicted octanol–water partition coefficient (Wildman–Crippen LogP) is 3.18. The zero-order valence-electron chi connectivity index (χ0n) is 12.9. The van der Waals surface area contributed by atoms with Crippen LogP contribution >= 0.6 is 22.7 Å². The zero-order valence-corrected chi connectivity index (χ0v) is 15.4. The van der Waals surface area contributed by atoms with Gasteiger partial charge in [0.15, 0.2) is 5.60 Å². The zero-order chi connectivity index (χ0) is 17.2. The van der Waals surface area contributed by atoms with Crippen LogP contribution in [0.2, 0.25) is 0 Å². The summed E-state index contributed by atoms with van der Waals surface area (Å²) in [4.78, 5) is 1.61.